The predicted molar refractivity (Wildman–Crippen MR) is 98.4 cm³/mol. The number of nitrogens with zero attached hydrogens (tertiary/aromatic N) is 2. The van der Waals surface area contributed by atoms with Crippen LogP contribution < -0.4 is 4.74 Å². The van der Waals surface area contributed by atoms with Gasteiger partial charge in [-0.3, -0.25) is 14.9 Å². The van der Waals surface area contributed by atoms with Gasteiger partial charge in [-0.25, -0.2) is 4.39 Å². The van der Waals surface area contributed by atoms with Crippen molar-refractivity contribution in [3.63, 3.8) is 0 Å². The van der Waals surface area contributed by atoms with E-state index in [1.165, 1.54) is 6.92 Å². The van der Waals surface area contributed by atoms with Gasteiger partial charge in [0, 0.05) is 18.2 Å². The van der Waals surface area contributed by atoms with E-state index in [1.807, 2.05) is 31.2 Å². The van der Waals surface area contributed by atoms with Crippen LogP contribution >= 0.6 is 0 Å². The Hall–Kier alpha value is -2.96. The van der Waals surface area contributed by atoms with Gasteiger partial charge < -0.3 is 9.64 Å². The molecule has 1 amide bonds. The van der Waals surface area contributed by atoms with Crippen molar-refractivity contribution >= 4 is 11.6 Å². The molecule has 0 bridgehead atoms. The molecular weight excluding hydrogens is 351 g/mol. The number of nitro groups is 1. The van der Waals surface area contributed by atoms with Crippen molar-refractivity contribution in [1.82, 2.24) is 4.90 Å². The molecule has 3 rings (SSSR count). The van der Waals surface area contributed by atoms with Crippen molar-refractivity contribution in [3.8, 4) is 5.75 Å². The van der Waals surface area contributed by atoms with E-state index in [1.54, 1.807) is 4.90 Å². The van der Waals surface area contributed by atoms with Crippen molar-refractivity contribution in [2.75, 3.05) is 13.2 Å². The third kappa shape index (κ3) is 3.77. The van der Waals surface area contributed by atoms with E-state index in [4.69, 9.17) is 4.74 Å². The number of rotatable bonds is 5. The first-order chi connectivity index (χ1) is 12.9. The number of carbonyl (C=O) groups excluding carboxylic acids is 1. The van der Waals surface area contributed by atoms with Crippen LogP contribution in [-0.2, 0) is 0 Å². The highest BCUT2D eigenvalue weighted by Crippen LogP contribution is 2.35. The van der Waals surface area contributed by atoms with Crippen molar-refractivity contribution in [3.05, 3.63) is 69.0 Å². The second kappa shape index (κ2) is 7.73. The average Bonchev–Trinajstić information content (AvgIpc) is 3.13. The number of benzene rings is 2. The van der Waals surface area contributed by atoms with Gasteiger partial charge in [-0.2, -0.15) is 0 Å². The zero-order valence-corrected chi connectivity index (χ0v) is 15.3. The molecular formula is C20H21FN2O4. The van der Waals surface area contributed by atoms with E-state index < -0.39 is 16.6 Å². The summed E-state index contributed by atoms with van der Waals surface area (Å²) in [5.74, 6) is -0.383. The lowest BCUT2D eigenvalue weighted by molar-refractivity contribution is -0.385. The van der Waals surface area contributed by atoms with E-state index in [0.717, 1.165) is 36.3 Å². The highest BCUT2D eigenvalue weighted by Gasteiger charge is 2.32. The SMILES string of the molecule is CCOc1ccc(C2CCCN2C(=O)c2cc(F)c(C)c([N+](=O)[O-])c2)cc1. The van der Waals surface area contributed by atoms with Gasteiger partial charge in [0.05, 0.1) is 23.1 Å². The lowest BCUT2D eigenvalue weighted by atomic mass is 10.0. The van der Waals surface area contributed by atoms with Crippen LogP contribution in [0.2, 0.25) is 0 Å². The Kier molecular flexibility index (Phi) is 5.39. The van der Waals surface area contributed by atoms with Crippen molar-refractivity contribution in [2.24, 2.45) is 0 Å². The zero-order chi connectivity index (χ0) is 19.6. The number of halogens is 1. The molecule has 1 atom stereocenters. The lowest BCUT2D eigenvalue weighted by Crippen LogP contribution is -2.30. The normalized spacial score (nSPS) is 16.4. The van der Waals surface area contributed by atoms with E-state index in [2.05, 4.69) is 0 Å². The predicted octanol–water partition coefficient (Wildman–Crippen LogP) is 4.42. The minimum absolute atomic E-state index is 0.00244. The van der Waals surface area contributed by atoms with Crippen molar-refractivity contribution in [1.29, 1.82) is 0 Å². The molecule has 27 heavy (non-hydrogen) atoms. The largest absolute Gasteiger partial charge is 0.494 e. The number of hydrogen-bond donors (Lipinski definition) is 0. The summed E-state index contributed by atoms with van der Waals surface area (Å²) in [7, 11) is 0. The minimum Gasteiger partial charge on any atom is -0.494 e. The third-order valence-corrected chi connectivity index (χ3v) is 4.85. The topological polar surface area (TPSA) is 72.7 Å². The van der Waals surface area contributed by atoms with E-state index in [0.29, 0.717) is 13.2 Å². The standard InChI is InChI=1S/C20H21FN2O4/c1-3-27-16-8-6-14(7-9-16)18-5-4-10-22(18)20(24)15-11-17(21)13(2)19(12-15)23(25)26/h6-9,11-12,18H,3-5,10H2,1-2H3. The first kappa shape index (κ1) is 18.8. The fourth-order valence-corrected chi connectivity index (χ4v) is 3.45. The molecule has 0 saturated carbocycles. The summed E-state index contributed by atoms with van der Waals surface area (Å²) >= 11 is 0. The fourth-order valence-electron chi connectivity index (χ4n) is 3.45. The van der Waals surface area contributed by atoms with Crippen LogP contribution in [0.4, 0.5) is 10.1 Å². The molecule has 142 valence electrons. The molecule has 0 aromatic heterocycles. The van der Waals surface area contributed by atoms with Gasteiger partial charge in [-0.15, -0.1) is 0 Å². The van der Waals surface area contributed by atoms with Crippen LogP contribution in [0.15, 0.2) is 36.4 Å². The summed E-state index contributed by atoms with van der Waals surface area (Å²) in [5.41, 5.74) is 0.519. The zero-order valence-electron chi connectivity index (χ0n) is 15.3. The van der Waals surface area contributed by atoms with Crippen LogP contribution in [0, 0.1) is 22.9 Å². The molecule has 2 aromatic rings. The summed E-state index contributed by atoms with van der Waals surface area (Å²) in [5, 5.41) is 11.1. The van der Waals surface area contributed by atoms with E-state index in [9.17, 15) is 19.3 Å². The highest BCUT2D eigenvalue weighted by atomic mass is 19.1. The number of ether oxygens (including phenoxy) is 1. The maximum Gasteiger partial charge on any atom is 0.276 e. The number of nitro benzene ring substituents is 1. The Balaban J connectivity index is 1.88. The quantitative estimate of drug-likeness (QED) is 0.575. The number of amides is 1. The number of carbonyl (C=O) groups is 1. The van der Waals surface area contributed by atoms with Crippen LogP contribution in [0.3, 0.4) is 0 Å². The lowest BCUT2D eigenvalue weighted by Gasteiger charge is -2.25. The van der Waals surface area contributed by atoms with Crippen LogP contribution in [0.1, 0.15) is 47.3 Å². The van der Waals surface area contributed by atoms with Gasteiger partial charge in [0.15, 0.2) is 0 Å². The average molecular weight is 372 g/mol. The summed E-state index contributed by atoms with van der Waals surface area (Å²) in [4.78, 5) is 25.1. The van der Waals surface area contributed by atoms with Gasteiger partial charge in [0.2, 0.25) is 0 Å². The number of likely N-dealkylation sites (tertiary alicyclic amines) is 1. The van der Waals surface area contributed by atoms with Gasteiger partial charge in [0.1, 0.15) is 11.6 Å². The Morgan fingerprint density at radius 2 is 2.04 bits per heavy atom. The third-order valence-electron chi connectivity index (χ3n) is 4.85. The van der Waals surface area contributed by atoms with Crippen molar-refractivity contribution in [2.45, 2.75) is 32.7 Å². The molecule has 7 heteroatoms. The van der Waals surface area contributed by atoms with Gasteiger partial charge in [-0.1, -0.05) is 12.1 Å². The summed E-state index contributed by atoms with van der Waals surface area (Å²) in [6, 6.07) is 9.65. The molecule has 0 N–H and O–H groups in total. The summed E-state index contributed by atoms with van der Waals surface area (Å²) in [6.45, 7) is 4.34. The smallest absolute Gasteiger partial charge is 0.276 e. The van der Waals surface area contributed by atoms with Crippen LogP contribution in [-0.4, -0.2) is 28.9 Å². The fraction of sp³-hybridized carbons (Fsp3) is 0.350. The van der Waals surface area contributed by atoms with Crippen molar-refractivity contribution < 1.29 is 18.8 Å². The highest BCUT2D eigenvalue weighted by molar-refractivity contribution is 5.95. The molecule has 0 radical (unpaired) electrons. The molecule has 1 saturated heterocycles. The molecule has 0 aliphatic carbocycles. The van der Waals surface area contributed by atoms with Gasteiger partial charge in [0.25, 0.3) is 11.6 Å². The van der Waals surface area contributed by atoms with Crippen LogP contribution in [0.25, 0.3) is 0 Å². The molecule has 1 fully saturated rings. The molecule has 1 aliphatic rings. The Morgan fingerprint density at radius 3 is 2.67 bits per heavy atom. The molecule has 0 spiro atoms. The minimum atomic E-state index is -0.746. The van der Waals surface area contributed by atoms with E-state index in [-0.39, 0.29) is 22.9 Å². The Bertz CT molecular complexity index is 867. The monoisotopic (exact) mass is 372 g/mol. The Morgan fingerprint density at radius 1 is 1.33 bits per heavy atom. The molecule has 2 aromatic carbocycles. The molecule has 1 unspecified atom stereocenters. The number of hydrogen-bond acceptors (Lipinski definition) is 4. The second-order valence-corrected chi connectivity index (χ2v) is 6.52. The molecule has 1 heterocycles. The summed E-state index contributed by atoms with van der Waals surface area (Å²) in [6.07, 6.45) is 1.61. The maximum absolute atomic E-state index is 14.1. The first-order valence-corrected chi connectivity index (χ1v) is 8.90. The maximum atomic E-state index is 14.1. The first-order valence-electron chi connectivity index (χ1n) is 8.90. The summed E-state index contributed by atoms with van der Waals surface area (Å²) < 4.78 is 19.5. The molecule has 1 aliphatic heterocycles. The van der Waals surface area contributed by atoms with Gasteiger partial charge >= 0.3 is 0 Å². The van der Waals surface area contributed by atoms with E-state index >= 15 is 0 Å². The Labute approximate surface area is 156 Å². The van der Waals surface area contributed by atoms with Gasteiger partial charge in [-0.05, 0) is 50.5 Å². The second-order valence-electron chi connectivity index (χ2n) is 6.52. The molecule has 6 nitrogen and oxygen atoms in total. The van der Waals surface area contributed by atoms with Crippen LogP contribution in [0.5, 0.6) is 5.75 Å².